The molecule has 4 fully saturated rings. The van der Waals surface area contributed by atoms with E-state index in [-0.39, 0.29) is 5.41 Å². The van der Waals surface area contributed by atoms with Crippen LogP contribution in [-0.2, 0) is 11.8 Å². The number of hydrogen-bond donors (Lipinski definition) is 1. The molecule has 0 aromatic carbocycles. The van der Waals surface area contributed by atoms with Gasteiger partial charge in [0.05, 0.1) is 0 Å². The Morgan fingerprint density at radius 2 is 1.95 bits per heavy atom. The van der Waals surface area contributed by atoms with Crippen LogP contribution >= 0.6 is 0 Å². The van der Waals surface area contributed by atoms with E-state index in [4.69, 9.17) is 10.2 Å². The maximum absolute atomic E-state index is 5.95. The van der Waals surface area contributed by atoms with E-state index >= 15 is 0 Å². The van der Waals surface area contributed by atoms with Gasteiger partial charge in [-0.25, -0.2) is 0 Å². The highest BCUT2D eigenvalue weighted by Gasteiger charge is 2.58. The highest BCUT2D eigenvalue weighted by atomic mass is 16.4. The molecule has 0 aliphatic heterocycles. The number of hydrogen-bond acceptors (Lipinski definition) is 4. The summed E-state index contributed by atoms with van der Waals surface area (Å²) in [6, 6.07) is 0. The molecule has 2 N–H and O–H groups in total. The molecule has 0 radical (unpaired) electrons. The van der Waals surface area contributed by atoms with Crippen LogP contribution in [0, 0.1) is 17.3 Å². The fraction of sp³-hybridized carbons (Fsp3) is 0.867. The largest absolute Gasteiger partial charge is 0.425 e. The predicted molar refractivity (Wildman–Crippen MR) is 71.5 cm³/mol. The highest BCUT2D eigenvalue weighted by Crippen LogP contribution is 2.65. The lowest BCUT2D eigenvalue weighted by Crippen LogP contribution is -2.53. The second-order valence-electron chi connectivity index (χ2n) is 7.59. The summed E-state index contributed by atoms with van der Waals surface area (Å²) >= 11 is 0. The highest BCUT2D eigenvalue weighted by molar-refractivity contribution is 5.17. The van der Waals surface area contributed by atoms with Crippen LogP contribution in [0.1, 0.15) is 57.2 Å². The van der Waals surface area contributed by atoms with Crippen LogP contribution in [0.25, 0.3) is 0 Å². The second kappa shape index (κ2) is 3.81. The first-order valence-electron chi connectivity index (χ1n) is 7.64. The Balaban J connectivity index is 1.69. The van der Waals surface area contributed by atoms with Crippen molar-refractivity contribution in [2.24, 2.45) is 23.0 Å². The lowest BCUT2D eigenvalue weighted by atomic mass is 9.44. The van der Waals surface area contributed by atoms with Crippen LogP contribution in [0.15, 0.2) is 4.42 Å². The Morgan fingerprint density at radius 1 is 1.21 bits per heavy atom. The molecule has 5 rings (SSSR count). The molecule has 0 amide bonds. The summed E-state index contributed by atoms with van der Waals surface area (Å²) in [5.41, 5.74) is 6.28. The van der Waals surface area contributed by atoms with Crippen molar-refractivity contribution in [1.82, 2.24) is 10.2 Å². The average molecular weight is 261 g/mol. The molecule has 4 aliphatic carbocycles. The van der Waals surface area contributed by atoms with Gasteiger partial charge in [0.2, 0.25) is 11.8 Å². The first-order chi connectivity index (χ1) is 9.11. The molecule has 2 atom stereocenters. The molecule has 4 heteroatoms. The molecule has 4 bridgehead atoms. The van der Waals surface area contributed by atoms with Gasteiger partial charge in [-0.2, -0.15) is 0 Å². The normalized spacial score (nSPS) is 43.9. The minimum Gasteiger partial charge on any atom is -0.425 e. The van der Waals surface area contributed by atoms with E-state index in [1.807, 2.05) is 0 Å². The number of rotatable bonds is 3. The van der Waals surface area contributed by atoms with Crippen LogP contribution in [0.2, 0.25) is 0 Å². The zero-order chi connectivity index (χ0) is 13.1. The summed E-state index contributed by atoms with van der Waals surface area (Å²) in [4.78, 5) is 0. The van der Waals surface area contributed by atoms with Crippen LogP contribution in [0.4, 0.5) is 0 Å². The van der Waals surface area contributed by atoms with Gasteiger partial charge in [-0.15, -0.1) is 10.2 Å². The van der Waals surface area contributed by atoms with Crippen molar-refractivity contribution in [3.05, 3.63) is 11.8 Å². The van der Waals surface area contributed by atoms with Gasteiger partial charge in [-0.1, -0.05) is 6.92 Å². The van der Waals surface area contributed by atoms with Gasteiger partial charge in [-0.05, 0) is 55.8 Å². The Morgan fingerprint density at radius 3 is 2.58 bits per heavy atom. The van der Waals surface area contributed by atoms with E-state index in [1.54, 1.807) is 0 Å². The molecule has 0 spiro atoms. The van der Waals surface area contributed by atoms with Crippen LogP contribution in [-0.4, -0.2) is 16.7 Å². The van der Waals surface area contributed by atoms with E-state index in [9.17, 15) is 0 Å². The van der Waals surface area contributed by atoms with Crippen LogP contribution in [0.3, 0.4) is 0 Å². The second-order valence-corrected chi connectivity index (χ2v) is 7.59. The van der Waals surface area contributed by atoms with Crippen LogP contribution in [0.5, 0.6) is 0 Å². The Kier molecular flexibility index (Phi) is 2.39. The Bertz CT molecular complexity index is 481. The first-order valence-corrected chi connectivity index (χ1v) is 7.64. The smallest absolute Gasteiger partial charge is 0.222 e. The minimum absolute atomic E-state index is 0.193. The van der Waals surface area contributed by atoms with Crippen molar-refractivity contribution >= 4 is 0 Å². The summed E-state index contributed by atoms with van der Waals surface area (Å²) in [5, 5.41) is 8.57. The minimum atomic E-state index is 0.193. The van der Waals surface area contributed by atoms with Gasteiger partial charge >= 0.3 is 0 Å². The van der Waals surface area contributed by atoms with E-state index in [2.05, 4.69) is 17.1 Å². The fourth-order valence-corrected chi connectivity index (χ4v) is 5.66. The van der Waals surface area contributed by atoms with Gasteiger partial charge in [0.1, 0.15) is 0 Å². The lowest BCUT2D eigenvalue weighted by Gasteiger charge is -2.60. The molecule has 104 valence electrons. The topological polar surface area (TPSA) is 64.9 Å². The van der Waals surface area contributed by atoms with Crippen molar-refractivity contribution in [2.75, 3.05) is 6.54 Å². The van der Waals surface area contributed by atoms with Crippen molar-refractivity contribution in [2.45, 2.75) is 57.3 Å². The molecule has 1 heterocycles. The van der Waals surface area contributed by atoms with Crippen molar-refractivity contribution in [3.8, 4) is 0 Å². The SMILES string of the molecule is CC12CC3CC(C1)CC(c1nnc(CCN)o1)(C3)C2. The molecular formula is C15H23N3O. The standard InChI is InChI=1S/C15H23N3O/c1-14-5-10-4-11(6-14)8-15(7-10,9-14)13-18-17-12(19-13)2-3-16/h10-11H,2-9,16H2,1H3. The van der Waals surface area contributed by atoms with Gasteiger partial charge in [0, 0.05) is 18.4 Å². The molecule has 0 saturated heterocycles. The maximum atomic E-state index is 5.95. The molecule has 2 unspecified atom stereocenters. The van der Waals surface area contributed by atoms with E-state index in [0.29, 0.717) is 18.4 Å². The van der Waals surface area contributed by atoms with E-state index < -0.39 is 0 Å². The predicted octanol–water partition coefficient (Wildman–Crippen LogP) is 2.43. The lowest BCUT2D eigenvalue weighted by molar-refractivity contribution is -0.0712. The monoisotopic (exact) mass is 261 g/mol. The van der Waals surface area contributed by atoms with E-state index in [1.165, 1.54) is 38.5 Å². The zero-order valence-electron chi connectivity index (χ0n) is 11.7. The summed E-state index contributed by atoms with van der Waals surface area (Å²) < 4.78 is 5.95. The van der Waals surface area contributed by atoms with Gasteiger partial charge in [0.25, 0.3) is 0 Å². The number of nitrogens with zero attached hydrogens (tertiary/aromatic N) is 2. The molecular weight excluding hydrogens is 238 g/mol. The van der Waals surface area contributed by atoms with Gasteiger partial charge in [0.15, 0.2) is 0 Å². The summed E-state index contributed by atoms with van der Waals surface area (Å²) in [5.74, 6) is 3.40. The van der Waals surface area contributed by atoms with Gasteiger partial charge in [-0.3, -0.25) is 0 Å². The molecule has 4 saturated carbocycles. The van der Waals surface area contributed by atoms with Crippen molar-refractivity contribution in [1.29, 1.82) is 0 Å². The Hall–Kier alpha value is -0.900. The quantitative estimate of drug-likeness (QED) is 0.907. The summed E-state index contributed by atoms with van der Waals surface area (Å²) in [6.07, 6.45) is 8.74. The molecule has 1 aromatic heterocycles. The van der Waals surface area contributed by atoms with Gasteiger partial charge < -0.3 is 10.2 Å². The van der Waals surface area contributed by atoms with Crippen LogP contribution < -0.4 is 5.73 Å². The molecule has 4 nitrogen and oxygen atoms in total. The maximum Gasteiger partial charge on any atom is 0.222 e. The van der Waals surface area contributed by atoms with E-state index in [0.717, 1.165) is 23.6 Å². The first kappa shape index (κ1) is 11.9. The fourth-order valence-electron chi connectivity index (χ4n) is 5.66. The molecule has 4 aliphatic rings. The summed E-state index contributed by atoms with van der Waals surface area (Å²) in [7, 11) is 0. The average Bonchev–Trinajstić information content (AvgIpc) is 2.75. The molecule has 19 heavy (non-hydrogen) atoms. The summed E-state index contributed by atoms with van der Waals surface area (Å²) in [6.45, 7) is 3.05. The third-order valence-corrected chi connectivity index (χ3v) is 5.63. The molecule has 1 aromatic rings. The third kappa shape index (κ3) is 1.76. The zero-order valence-corrected chi connectivity index (χ0v) is 11.7. The van der Waals surface area contributed by atoms with Crippen molar-refractivity contribution in [3.63, 3.8) is 0 Å². The third-order valence-electron chi connectivity index (χ3n) is 5.63. The van der Waals surface area contributed by atoms with Crippen molar-refractivity contribution < 1.29 is 4.42 Å². The number of nitrogens with two attached hydrogens (primary N) is 1. The number of aromatic nitrogens is 2. The Labute approximate surface area is 114 Å².